The van der Waals surface area contributed by atoms with Crippen LogP contribution in [0.2, 0.25) is 0 Å². The van der Waals surface area contributed by atoms with E-state index in [0.29, 0.717) is 0 Å². The van der Waals surface area contributed by atoms with Crippen LogP contribution in [-0.4, -0.2) is 48.1 Å². The van der Waals surface area contributed by atoms with E-state index in [1.807, 2.05) is 0 Å². The molecule has 0 aromatic heterocycles. The number of hydrogen-bond donors (Lipinski definition) is 1. The fraction of sp³-hybridized carbons (Fsp3) is 1.00. The van der Waals surface area contributed by atoms with E-state index in [0.717, 1.165) is 18.0 Å². The normalized spacial score (nSPS) is 25.7. The third-order valence-electron chi connectivity index (χ3n) is 3.69. The third-order valence-corrected chi connectivity index (χ3v) is 4.74. The van der Waals surface area contributed by atoms with Gasteiger partial charge in [-0.25, -0.2) is 0 Å². The first-order chi connectivity index (χ1) is 7.77. The van der Waals surface area contributed by atoms with Crippen molar-refractivity contribution in [1.82, 2.24) is 10.2 Å². The molecule has 0 aromatic rings. The van der Waals surface area contributed by atoms with Gasteiger partial charge >= 0.3 is 0 Å². The van der Waals surface area contributed by atoms with Crippen molar-refractivity contribution in [3.8, 4) is 0 Å². The summed E-state index contributed by atoms with van der Waals surface area (Å²) in [6, 6.07) is 1.60. The highest BCUT2D eigenvalue weighted by Crippen LogP contribution is 2.21. The molecule has 0 spiro atoms. The SMILES string of the molecule is CC(C)C(CNC1CC1)N1CCCSCC1. The topological polar surface area (TPSA) is 15.3 Å². The van der Waals surface area contributed by atoms with Gasteiger partial charge in [0.05, 0.1) is 0 Å². The first kappa shape index (κ1) is 12.7. The summed E-state index contributed by atoms with van der Waals surface area (Å²) in [7, 11) is 0. The molecule has 2 aliphatic rings. The van der Waals surface area contributed by atoms with Crippen molar-refractivity contribution in [3.63, 3.8) is 0 Å². The molecular formula is C13H26N2S. The van der Waals surface area contributed by atoms with Gasteiger partial charge in [-0.05, 0) is 37.5 Å². The van der Waals surface area contributed by atoms with Crippen molar-refractivity contribution in [3.05, 3.63) is 0 Å². The standard InChI is InChI=1S/C13H26N2S/c1-11(2)13(10-14-12-4-5-12)15-6-3-8-16-9-7-15/h11-14H,3-10H2,1-2H3. The molecule has 1 saturated carbocycles. The van der Waals surface area contributed by atoms with E-state index in [1.165, 1.54) is 50.4 Å². The first-order valence-corrected chi connectivity index (χ1v) is 7.98. The molecule has 1 aliphatic carbocycles. The molecule has 2 rings (SSSR count). The average Bonchev–Trinajstić information content (AvgIpc) is 3.03. The van der Waals surface area contributed by atoms with Gasteiger partial charge in [0, 0.05) is 30.9 Å². The van der Waals surface area contributed by atoms with Crippen LogP contribution in [0.25, 0.3) is 0 Å². The van der Waals surface area contributed by atoms with Gasteiger partial charge in [0.15, 0.2) is 0 Å². The highest BCUT2D eigenvalue weighted by atomic mass is 32.2. The zero-order valence-electron chi connectivity index (χ0n) is 10.7. The highest BCUT2D eigenvalue weighted by Gasteiger charge is 2.26. The fourth-order valence-corrected chi connectivity index (χ4v) is 3.36. The second-order valence-corrected chi connectivity index (χ2v) is 6.72. The first-order valence-electron chi connectivity index (χ1n) is 6.82. The van der Waals surface area contributed by atoms with Gasteiger partial charge in [0.1, 0.15) is 0 Å². The summed E-state index contributed by atoms with van der Waals surface area (Å²) in [4.78, 5) is 2.72. The summed E-state index contributed by atoms with van der Waals surface area (Å²) in [6.45, 7) is 8.55. The quantitative estimate of drug-likeness (QED) is 0.796. The molecule has 1 heterocycles. The Hall–Kier alpha value is 0.270. The molecule has 16 heavy (non-hydrogen) atoms. The van der Waals surface area contributed by atoms with Gasteiger partial charge in [0.2, 0.25) is 0 Å². The van der Waals surface area contributed by atoms with E-state index in [-0.39, 0.29) is 0 Å². The van der Waals surface area contributed by atoms with Crippen LogP contribution in [0.3, 0.4) is 0 Å². The number of nitrogens with one attached hydrogen (secondary N) is 1. The second kappa shape index (κ2) is 6.27. The van der Waals surface area contributed by atoms with Gasteiger partial charge < -0.3 is 5.32 Å². The molecular weight excluding hydrogens is 216 g/mol. The van der Waals surface area contributed by atoms with Crippen LogP contribution >= 0.6 is 11.8 Å². The van der Waals surface area contributed by atoms with Crippen molar-refractivity contribution in [2.45, 2.75) is 45.2 Å². The van der Waals surface area contributed by atoms with Crippen molar-refractivity contribution in [1.29, 1.82) is 0 Å². The van der Waals surface area contributed by atoms with E-state index >= 15 is 0 Å². The molecule has 0 bridgehead atoms. The Bertz CT molecular complexity index is 196. The third kappa shape index (κ3) is 3.94. The Morgan fingerprint density at radius 2 is 2.06 bits per heavy atom. The molecule has 0 radical (unpaired) electrons. The number of rotatable bonds is 5. The van der Waals surface area contributed by atoms with E-state index < -0.39 is 0 Å². The minimum absolute atomic E-state index is 0.749. The molecule has 1 atom stereocenters. The Morgan fingerprint density at radius 1 is 1.25 bits per heavy atom. The lowest BCUT2D eigenvalue weighted by atomic mass is 10.0. The zero-order chi connectivity index (χ0) is 11.4. The summed E-state index contributed by atoms with van der Waals surface area (Å²) in [5, 5.41) is 3.71. The summed E-state index contributed by atoms with van der Waals surface area (Å²) in [6.07, 6.45) is 4.18. The van der Waals surface area contributed by atoms with Gasteiger partial charge in [-0.2, -0.15) is 11.8 Å². The molecule has 2 nitrogen and oxygen atoms in total. The largest absolute Gasteiger partial charge is 0.312 e. The molecule has 0 amide bonds. The number of hydrogen-bond acceptors (Lipinski definition) is 3. The molecule has 1 unspecified atom stereocenters. The average molecular weight is 242 g/mol. The maximum Gasteiger partial charge on any atom is 0.0244 e. The van der Waals surface area contributed by atoms with Gasteiger partial charge in [0.25, 0.3) is 0 Å². The molecule has 1 N–H and O–H groups in total. The lowest BCUT2D eigenvalue weighted by Crippen LogP contribution is -2.47. The van der Waals surface area contributed by atoms with E-state index in [9.17, 15) is 0 Å². The van der Waals surface area contributed by atoms with Crippen molar-refractivity contribution >= 4 is 11.8 Å². The van der Waals surface area contributed by atoms with Crippen LogP contribution in [0.4, 0.5) is 0 Å². The monoisotopic (exact) mass is 242 g/mol. The highest BCUT2D eigenvalue weighted by molar-refractivity contribution is 7.99. The van der Waals surface area contributed by atoms with Crippen LogP contribution in [0.15, 0.2) is 0 Å². The van der Waals surface area contributed by atoms with Gasteiger partial charge in [-0.1, -0.05) is 13.8 Å². The van der Waals surface area contributed by atoms with Crippen molar-refractivity contribution in [2.75, 3.05) is 31.1 Å². The van der Waals surface area contributed by atoms with Crippen molar-refractivity contribution in [2.24, 2.45) is 5.92 Å². The Balaban J connectivity index is 1.82. The Morgan fingerprint density at radius 3 is 2.75 bits per heavy atom. The van der Waals surface area contributed by atoms with Crippen LogP contribution in [0, 0.1) is 5.92 Å². The van der Waals surface area contributed by atoms with E-state index in [2.05, 4.69) is 35.8 Å². The van der Waals surface area contributed by atoms with Crippen LogP contribution in [0.5, 0.6) is 0 Å². The summed E-state index contributed by atoms with van der Waals surface area (Å²) in [5.41, 5.74) is 0. The smallest absolute Gasteiger partial charge is 0.0244 e. The molecule has 0 aromatic carbocycles. The van der Waals surface area contributed by atoms with Crippen molar-refractivity contribution < 1.29 is 0 Å². The molecule has 1 saturated heterocycles. The Kier molecular flexibility index (Phi) is 4.98. The predicted octanol–water partition coefficient (Wildman–Crippen LogP) is 2.20. The van der Waals surface area contributed by atoms with Crippen LogP contribution in [0.1, 0.15) is 33.1 Å². The minimum atomic E-state index is 0.749. The zero-order valence-corrected chi connectivity index (χ0v) is 11.6. The molecule has 3 heteroatoms. The van der Waals surface area contributed by atoms with Crippen LogP contribution in [-0.2, 0) is 0 Å². The maximum atomic E-state index is 3.71. The van der Waals surface area contributed by atoms with Gasteiger partial charge in [-0.15, -0.1) is 0 Å². The Labute approximate surface area is 105 Å². The molecule has 1 aliphatic heterocycles. The summed E-state index contributed by atoms with van der Waals surface area (Å²) >= 11 is 2.12. The van der Waals surface area contributed by atoms with E-state index in [4.69, 9.17) is 0 Å². The maximum absolute atomic E-state index is 3.71. The fourth-order valence-electron chi connectivity index (χ4n) is 2.46. The van der Waals surface area contributed by atoms with Gasteiger partial charge in [-0.3, -0.25) is 4.90 Å². The molecule has 94 valence electrons. The number of nitrogens with zero attached hydrogens (tertiary/aromatic N) is 1. The number of thioether (sulfide) groups is 1. The lowest BCUT2D eigenvalue weighted by Gasteiger charge is -2.33. The minimum Gasteiger partial charge on any atom is -0.312 e. The van der Waals surface area contributed by atoms with E-state index in [1.54, 1.807) is 0 Å². The summed E-state index contributed by atoms with van der Waals surface area (Å²) in [5.74, 6) is 3.46. The predicted molar refractivity (Wildman–Crippen MR) is 73.2 cm³/mol. The second-order valence-electron chi connectivity index (χ2n) is 5.50. The molecule has 2 fully saturated rings. The lowest BCUT2D eigenvalue weighted by molar-refractivity contribution is 0.162. The summed E-state index contributed by atoms with van der Waals surface area (Å²) < 4.78 is 0. The van der Waals surface area contributed by atoms with Crippen LogP contribution < -0.4 is 5.32 Å².